The minimum Gasteiger partial charge on any atom is -0.459 e. The lowest BCUT2D eigenvalue weighted by Crippen LogP contribution is -2.50. The quantitative estimate of drug-likeness (QED) is 0.122. The van der Waals surface area contributed by atoms with E-state index in [1.165, 1.54) is 25.1 Å². The lowest BCUT2D eigenvalue weighted by molar-refractivity contribution is -0.143. The molecule has 0 saturated carbocycles. The van der Waals surface area contributed by atoms with E-state index >= 15 is 0 Å². The number of epoxide rings is 1. The Hall–Kier alpha value is -3.36. The third-order valence-electron chi connectivity index (χ3n) is 8.91. The summed E-state index contributed by atoms with van der Waals surface area (Å²) in [5.74, 6) is -0.577. The van der Waals surface area contributed by atoms with Crippen molar-refractivity contribution in [1.82, 2.24) is 10.6 Å². The average Bonchev–Trinajstić information content (AvgIpc) is 3.75. The van der Waals surface area contributed by atoms with Gasteiger partial charge in [-0.15, -0.1) is 0 Å². The van der Waals surface area contributed by atoms with E-state index in [4.69, 9.17) is 24.1 Å². The molecule has 4 N–H and O–H groups in total. The van der Waals surface area contributed by atoms with Crippen LogP contribution in [0, 0.1) is 5.92 Å². The molecule has 3 fully saturated rings. The molecule has 1 aromatic rings. The first kappa shape index (κ1) is 37.5. The second-order valence-corrected chi connectivity index (χ2v) is 14.8. The Balaban J connectivity index is 1.22. The maximum atomic E-state index is 12.7. The molecule has 0 radical (unpaired) electrons. The van der Waals surface area contributed by atoms with E-state index in [9.17, 15) is 22.8 Å². The molecule has 3 saturated heterocycles. The number of rotatable bonds is 13. The lowest BCUT2D eigenvalue weighted by Gasteiger charge is -2.39. The van der Waals surface area contributed by atoms with Crippen molar-refractivity contribution >= 4 is 27.8 Å². The molecule has 264 valence electrons. The van der Waals surface area contributed by atoms with Crippen molar-refractivity contribution < 1.29 is 41.7 Å². The summed E-state index contributed by atoms with van der Waals surface area (Å²) in [6.45, 7) is 10.1. The molecule has 1 aromatic carbocycles. The number of amides is 2. The van der Waals surface area contributed by atoms with Crippen LogP contribution in [0.15, 0.2) is 65.1 Å². The molecule has 2 amide bonds. The molecule has 4 rings (SSSR count). The van der Waals surface area contributed by atoms with E-state index < -0.39 is 22.1 Å². The number of ether oxygens (including phenoxy) is 4. The maximum Gasteiger partial charge on any atom is 0.303 e. The van der Waals surface area contributed by atoms with E-state index in [1.54, 1.807) is 25.1 Å². The van der Waals surface area contributed by atoms with Gasteiger partial charge in [-0.25, -0.2) is 13.6 Å². The van der Waals surface area contributed by atoms with Crippen molar-refractivity contribution in [2.75, 3.05) is 6.61 Å². The number of carbonyl (C=O) groups is 3. The first-order chi connectivity index (χ1) is 22.6. The predicted octanol–water partition coefficient (Wildman–Crippen LogP) is 3.36. The van der Waals surface area contributed by atoms with E-state index in [0.29, 0.717) is 13.0 Å². The van der Waals surface area contributed by atoms with Crippen LogP contribution in [0.4, 0.5) is 0 Å². The highest BCUT2D eigenvalue weighted by molar-refractivity contribution is 7.89. The fourth-order valence-electron chi connectivity index (χ4n) is 6.15. The Morgan fingerprint density at radius 2 is 1.81 bits per heavy atom. The molecule has 1 unspecified atom stereocenters. The maximum absolute atomic E-state index is 12.7. The number of sulfonamides is 1. The third kappa shape index (κ3) is 11.7. The van der Waals surface area contributed by atoms with Crippen LogP contribution in [0.25, 0.3) is 0 Å². The fourth-order valence-corrected chi connectivity index (χ4v) is 6.67. The van der Waals surface area contributed by atoms with E-state index in [1.807, 2.05) is 26.0 Å². The fraction of sp³-hybridized carbons (Fsp3) is 0.571. The van der Waals surface area contributed by atoms with Crippen LogP contribution < -0.4 is 15.8 Å². The van der Waals surface area contributed by atoms with Crippen molar-refractivity contribution in [2.24, 2.45) is 11.1 Å². The Morgan fingerprint density at radius 3 is 2.46 bits per heavy atom. The van der Waals surface area contributed by atoms with Crippen molar-refractivity contribution in [3.05, 3.63) is 65.8 Å². The summed E-state index contributed by atoms with van der Waals surface area (Å²) >= 11 is 0. The van der Waals surface area contributed by atoms with Crippen LogP contribution in [-0.2, 0) is 49.9 Å². The van der Waals surface area contributed by atoms with Gasteiger partial charge in [0.25, 0.3) is 0 Å². The Labute approximate surface area is 283 Å². The van der Waals surface area contributed by atoms with Crippen molar-refractivity contribution in [3.63, 3.8) is 0 Å². The molecule has 12 nitrogen and oxygen atoms in total. The largest absolute Gasteiger partial charge is 0.459 e. The molecule has 3 aliphatic heterocycles. The number of hydrogen-bond acceptors (Lipinski definition) is 9. The first-order valence-electron chi connectivity index (χ1n) is 16.4. The van der Waals surface area contributed by atoms with Gasteiger partial charge in [-0.3, -0.25) is 14.4 Å². The van der Waals surface area contributed by atoms with Crippen LogP contribution in [0.2, 0.25) is 0 Å². The Bertz CT molecular complexity index is 1500. The molecule has 0 aromatic heterocycles. The number of benzene rings is 1. The predicted molar refractivity (Wildman–Crippen MR) is 179 cm³/mol. The number of nitrogens with two attached hydrogens (primary N) is 1. The minimum atomic E-state index is -3.77. The monoisotopic (exact) mass is 687 g/mol. The number of esters is 1. The number of carbonyl (C=O) groups excluding carboxylic acids is 3. The van der Waals surface area contributed by atoms with Gasteiger partial charge >= 0.3 is 5.97 Å². The number of primary sulfonamides is 1. The summed E-state index contributed by atoms with van der Waals surface area (Å²) in [6.07, 6.45) is 11.2. The van der Waals surface area contributed by atoms with Crippen LogP contribution in [-0.4, -0.2) is 75.0 Å². The highest BCUT2D eigenvalue weighted by Gasteiger charge is 2.51. The van der Waals surface area contributed by atoms with Gasteiger partial charge in [-0.05, 0) is 63.3 Å². The van der Waals surface area contributed by atoms with Gasteiger partial charge < -0.3 is 29.6 Å². The summed E-state index contributed by atoms with van der Waals surface area (Å²) in [4.78, 5) is 36.2. The average molecular weight is 688 g/mol. The Kier molecular flexibility index (Phi) is 12.8. The summed E-state index contributed by atoms with van der Waals surface area (Å²) in [5.41, 5.74) is 1.59. The Morgan fingerprint density at radius 1 is 1.10 bits per heavy atom. The molecule has 8 atom stereocenters. The van der Waals surface area contributed by atoms with E-state index in [-0.39, 0.29) is 71.7 Å². The third-order valence-corrected chi connectivity index (χ3v) is 9.84. The van der Waals surface area contributed by atoms with Crippen molar-refractivity contribution in [3.8, 4) is 0 Å². The molecule has 3 aliphatic rings. The van der Waals surface area contributed by atoms with Gasteiger partial charge in [0.1, 0.15) is 6.10 Å². The molecule has 1 spiro atoms. The molecular formula is C35H49N3O9S. The zero-order valence-corrected chi connectivity index (χ0v) is 29.2. The van der Waals surface area contributed by atoms with Gasteiger partial charge in [0, 0.05) is 32.4 Å². The van der Waals surface area contributed by atoms with Crippen molar-refractivity contribution in [1.29, 1.82) is 0 Å². The van der Waals surface area contributed by atoms with Gasteiger partial charge in [-0.1, -0.05) is 42.9 Å². The summed E-state index contributed by atoms with van der Waals surface area (Å²) in [5, 5.41) is 11.0. The molecule has 13 heteroatoms. The molecular weight excluding hydrogens is 638 g/mol. The van der Waals surface area contributed by atoms with Gasteiger partial charge in [0.05, 0.1) is 54.0 Å². The zero-order valence-electron chi connectivity index (χ0n) is 28.3. The van der Waals surface area contributed by atoms with Crippen LogP contribution in [0.3, 0.4) is 0 Å². The SMILES string of the molecule is CC(=O)OC(C)C=CC(=O)N[C@@H]1C[C@H](C)[C@H](C/C=C(C)/C=C/[C@@H]2C[C@]3(CO3)C[C@@H](CC(=O)NCc3ccc(S(N)(=O)=O)cc3)O2)O[C@@H]1C. The lowest BCUT2D eigenvalue weighted by atomic mass is 9.88. The van der Waals surface area contributed by atoms with E-state index in [0.717, 1.165) is 30.4 Å². The van der Waals surface area contributed by atoms with Crippen LogP contribution >= 0.6 is 0 Å². The molecule has 0 bridgehead atoms. The van der Waals surface area contributed by atoms with Gasteiger partial charge in [-0.2, -0.15) is 0 Å². The van der Waals surface area contributed by atoms with E-state index in [2.05, 4.69) is 23.6 Å². The topological polar surface area (TPSA) is 176 Å². The number of hydrogen-bond donors (Lipinski definition) is 3. The highest BCUT2D eigenvalue weighted by atomic mass is 32.2. The highest BCUT2D eigenvalue weighted by Crippen LogP contribution is 2.43. The second-order valence-electron chi connectivity index (χ2n) is 13.3. The normalized spacial score (nSPS) is 29.9. The zero-order chi connectivity index (χ0) is 35.1. The van der Waals surface area contributed by atoms with Crippen LogP contribution in [0.1, 0.15) is 72.3 Å². The molecule has 3 heterocycles. The minimum absolute atomic E-state index is 0.0135. The summed E-state index contributed by atoms with van der Waals surface area (Å²) < 4.78 is 46.3. The number of allylic oxidation sites excluding steroid dienone is 2. The smallest absolute Gasteiger partial charge is 0.303 e. The van der Waals surface area contributed by atoms with Gasteiger partial charge in [0.15, 0.2) is 0 Å². The standard InChI is InChI=1S/C35H49N3O9S/c1-22(7-14-32-23(2)16-31(25(4)46-32)38-33(40)15-8-24(3)45-26(5)39)6-11-28-18-35(21-44-35)19-29(47-28)17-34(41)37-20-27-9-12-30(13-10-27)48(36,42)43/h6-13,15,23-25,28-29,31-32H,14,16-21H2,1-5H3,(H,37,41)(H,38,40)(H2,36,42,43)/b11-6+,15-8?,22-7+/t23-,24?,25+,28+,29+,31+,32-,35+/m0/s1. The van der Waals surface area contributed by atoms with Gasteiger partial charge in [0.2, 0.25) is 21.8 Å². The van der Waals surface area contributed by atoms with Crippen molar-refractivity contribution in [2.45, 2.75) is 120 Å². The van der Waals surface area contributed by atoms with Crippen LogP contribution in [0.5, 0.6) is 0 Å². The molecule has 0 aliphatic carbocycles. The summed E-state index contributed by atoms with van der Waals surface area (Å²) in [7, 11) is -3.77. The second kappa shape index (κ2) is 16.4. The number of nitrogens with one attached hydrogen (secondary N) is 2. The summed E-state index contributed by atoms with van der Waals surface area (Å²) in [6, 6.07) is 5.96. The molecule has 48 heavy (non-hydrogen) atoms. The first-order valence-corrected chi connectivity index (χ1v) is 18.0.